The van der Waals surface area contributed by atoms with Gasteiger partial charge in [-0.1, -0.05) is 12.2 Å². The predicted octanol–water partition coefficient (Wildman–Crippen LogP) is 5.59. The van der Waals surface area contributed by atoms with Crippen molar-refractivity contribution in [1.29, 1.82) is 0 Å². The van der Waals surface area contributed by atoms with E-state index in [1.54, 1.807) is 53.7 Å². The highest BCUT2D eigenvalue weighted by atomic mass is 79.9. The molecule has 186 valence electrons. The first-order valence-corrected chi connectivity index (χ1v) is 11.6. The Labute approximate surface area is 207 Å². The zero-order chi connectivity index (χ0) is 25.5. The number of nitrogens with zero attached hydrogens (tertiary/aromatic N) is 3. The topological polar surface area (TPSA) is 126 Å². The zero-order valence-corrected chi connectivity index (χ0v) is 21.8. The number of carbonyl (C=O) groups excluding carboxylic acids is 3. The number of alkyl carbamates (subject to hydrolysis) is 1. The molecule has 0 bridgehead atoms. The highest BCUT2D eigenvalue weighted by Gasteiger charge is 2.27. The van der Waals surface area contributed by atoms with Crippen LogP contribution in [-0.4, -0.2) is 43.7 Å². The Balaban J connectivity index is 2.17. The van der Waals surface area contributed by atoms with E-state index >= 15 is 0 Å². The van der Waals surface area contributed by atoms with Crippen molar-refractivity contribution < 1.29 is 28.3 Å². The van der Waals surface area contributed by atoms with E-state index in [0.717, 1.165) is 0 Å². The molecule has 0 aliphatic rings. The first-order valence-electron chi connectivity index (χ1n) is 10.8. The molecular weight excluding hydrogens is 508 g/mol. The van der Waals surface area contributed by atoms with Gasteiger partial charge in [0.1, 0.15) is 27.9 Å². The Morgan fingerprint density at radius 2 is 1.82 bits per heavy atom. The lowest BCUT2D eigenvalue weighted by molar-refractivity contribution is 0.0473. The zero-order valence-electron chi connectivity index (χ0n) is 20.3. The lowest BCUT2D eigenvalue weighted by Crippen LogP contribution is -2.37. The van der Waals surface area contributed by atoms with Gasteiger partial charge in [0, 0.05) is 12.6 Å². The number of hydrogen-bond donors (Lipinski definition) is 1. The fraction of sp³-hybridized carbons (Fsp3) is 0.522. The van der Waals surface area contributed by atoms with Crippen molar-refractivity contribution in [1.82, 2.24) is 19.9 Å². The molecule has 0 spiro atoms. The molecule has 0 aromatic carbocycles. The Morgan fingerprint density at radius 3 is 2.41 bits per heavy atom. The van der Waals surface area contributed by atoms with Crippen LogP contribution in [0.25, 0.3) is 0 Å². The molecule has 0 fully saturated rings. The second-order valence-electron chi connectivity index (χ2n) is 9.48. The van der Waals surface area contributed by atoms with Crippen molar-refractivity contribution in [2.24, 2.45) is 0 Å². The summed E-state index contributed by atoms with van der Waals surface area (Å²) < 4.78 is 17.5. The van der Waals surface area contributed by atoms with Crippen LogP contribution in [0.2, 0.25) is 0 Å². The molecule has 0 aliphatic carbocycles. The van der Waals surface area contributed by atoms with Crippen molar-refractivity contribution in [3.8, 4) is 0 Å². The van der Waals surface area contributed by atoms with Crippen LogP contribution in [0, 0.1) is 0 Å². The van der Waals surface area contributed by atoms with Gasteiger partial charge in [-0.25, -0.2) is 24.1 Å². The number of carbonyl (C=O) groups is 3. The Morgan fingerprint density at radius 1 is 1.15 bits per heavy atom. The third kappa shape index (κ3) is 9.12. The second kappa shape index (κ2) is 11.5. The molecule has 1 unspecified atom stereocenters. The fourth-order valence-electron chi connectivity index (χ4n) is 2.78. The first kappa shape index (κ1) is 27.3. The summed E-state index contributed by atoms with van der Waals surface area (Å²) in [6.07, 6.45) is 7.53. The molecule has 0 radical (unpaired) electrons. The summed E-state index contributed by atoms with van der Waals surface area (Å²) in [5.74, 6) is 0.136. The number of imidazole rings is 1. The third-order valence-corrected chi connectivity index (χ3v) is 4.43. The van der Waals surface area contributed by atoms with Crippen molar-refractivity contribution in [2.75, 3.05) is 0 Å². The van der Waals surface area contributed by atoms with Gasteiger partial charge < -0.3 is 19.2 Å². The number of rotatable bonds is 8. The second-order valence-corrected chi connectivity index (χ2v) is 10.3. The number of oxazole rings is 1. The van der Waals surface area contributed by atoms with Crippen LogP contribution >= 0.6 is 15.9 Å². The van der Waals surface area contributed by atoms with Gasteiger partial charge in [0.25, 0.3) is 5.89 Å². The minimum Gasteiger partial charge on any atom is -0.444 e. The summed E-state index contributed by atoms with van der Waals surface area (Å²) in [5.41, 5.74) is -1.42. The van der Waals surface area contributed by atoms with Gasteiger partial charge in [0.15, 0.2) is 0 Å². The fourth-order valence-corrected chi connectivity index (χ4v) is 3.17. The lowest BCUT2D eigenvalue weighted by atomic mass is 10.1. The molecule has 0 saturated heterocycles. The van der Waals surface area contributed by atoms with E-state index in [9.17, 15) is 14.4 Å². The number of ether oxygens (including phenoxy) is 2. The predicted molar refractivity (Wildman–Crippen MR) is 127 cm³/mol. The number of hydrogen-bond acceptors (Lipinski definition) is 8. The Hall–Kier alpha value is -2.95. The number of allylic oxidation sites excluding steroid dienone is 1. The molecule has 0 aliphatic heterocycles. The highest BCUT2D eigenvalue weighted by molar-refractivity contribution is 9.10. The largest absolute Gasteiger partial charge is 0.444 e. The van der Waals surface area contributed by atoms with Crippen molar-refractivity contribution in [3.63, 3.8) is 0 Å². The summed E-state index contributed by atoms with van der Waals surface area (Å²) >= 11 is 3.29. The van der Waals surface area contributed by atoms with Gasteiger partial charge >= 0.3 is 12.2 Å². The molecule has 2 rings (SSSR count). The Kier molecular flexibility index (Phi) is 9.20. The van der Waals surface area contributed by atoms with Crippen molar-refractivity contribution in [2.45, 2.75) is 78.0 Å². The van der Waals surface area contributed by atoms with Gasteiger partial charge in [-0.3, -0.25) is 4.79 Å². The SMILES string of the molecule is CC(C)(C)OC(=O)NC(CC=CCCC(=O)c1ncco1)c1nc(Br)cn1C(=O)OC(C)(C)C. The van der Waals surface area contributed by atoms with E-state index in [2.05, 4.69) is 31.2 Å². The minimum absolute atomic E-state index is 0.0714. The van der Waals surface area contributed by atoms with Crippen LogP contribution in [0.1, 0.15) is 83.4 Å². The van der Waals surface area contributed by atoms with Crippen LogP contribution in [0.15, 0.2) is 39.8 Å². The molecule has 0 saturated carbocycles. The summed E-state index contributed by atoms with van der Waals surface area (Å²) in [4.78, 5) is 45.4. The minimum atomic E-state index is -0.714. The van der Waals surface area contributed by atoms with E-state index in [-0.39, 0.29) is 23.9 Å². The average molecular weight is 539 g/mol. The summed E-state index contributed by atoms with van der Waals surface area (Å²) in [5, 5.41) is 2.77. The normalized spacial score (nSPS) is 13.0. The van der Waals surface area contributed by atoms with E-state index in [1.165, 1.54) is 23.2 Å². The number of amides is 1. The number of aromatic nitrogens is 3. The molecule has 2 heterocycles. The maximum absolute atomic E-state index is 12.7. The standard InChI is InChI=1S/C23H31BrN4O6/c1-22(2,3)33-20(30)26-15(10-8-7-9-11-16(29)19-25-12-13-32-19)18-27-17(24)14-28(18)21(31)34-23(4,5)6/h7-8,12-15H,9-11H2,1-6H3,(H,26,30). The molecule has 11 heteroatoms. The van der Waals surface area contributed by atoms with Crippen LogP contribution in [0.5, 0.6) is 0 Å². The van der Waals surface area contributed by atoms with Gasteiger partial charge in [-0.2, -0.15) is 0 Å². The number of nitrogens with one attached hydrogen (secondary N) is 1. The molecule has 2 aromatic heterocycles. The Bertz CT molecular complexity index is 1020. The van der Waals surface area contributed by atoms with Crippen LogP contribution < -0.4 is 5.32 Å². The van der Waals surface area contributed by atoms with Gasteiger partial charge in [-0.15, -0.1) is 0 Å². The smallest absolute Gasteiger partial charge is 0.420 e. The number of ketones is 1. The summed E-state index contributed by atoms with van der Waals surface area (Å²) in [7, 11) is 0. The quantitative estimate of drug-likeness (QED) is 0.340. The van der Waals surface area contributed by atoms with Crippen molar-refractivity contribution in [3.05, 3.63) is 47.1 Å². The molecule has 10 nitrogen and oxygen atoms in total. The average Bonchev–Trinajstić information content (AvgIpc) is 3.33. The van der Waals surface area contributed by atoms with E-state index < -0.39 is 29.4 Å². The molecular formula is C23H31BrN4O6. The highest BCUT2D eigenvalue weighted by Crippen LogP contribution is 2.23. The third-order valence-electron chi connectivity index (χ3n) is 4.04. The number of Topliss-reactive ketones (excluding diaryl/α,β-unsaturated/α-hetero) is 1. The molecule has 34 heavy (non-hydrogen) atoms. The van der Waals surface area contributed by atoms with Gasteiger partial charge in [-0.05, 0) is 70.3 Å². The van der Waals surface area contributed by atoms with Gasteiger partial charge in [0.05, 0.1) is 12.2 Å². The van der Waals surface area contributed by atoms with Crippen LogP contribution in [0.4, 0.5) is 9.59 Å². The molecule has 1 atom stereocenters. The molecule has 1 amide bonds. The van der Waals surface area contributed by atoms with Gasteiger partial charge in [0.2, 0.25) is 5.78 Å². The van der Waals surface area contributed by atoms with Crippen molar-refractivity contribution >= 4 is 33.9 Å². The number of halogens is 1. The van der Waals surface area contributed by atoms with Crippen LogP contribution in [0.3, 0.4) is 0 Å². The lowest BCUT2D eigenvalue weighted by Gasteiger charge is -2.24. The molecule has 2 aromatic rings. The van der Waals surface area contributed by atoms with E-state index in [0.29, 0.717) is 17.4 Å². The van der Waals surface area contributed by atoms with Crippen LogP contribution in [-0.2, 0) is 9.47 Å². The van der Waals surface area contributed by atoms with E-state index in [4.69, 9.17) is 13.9 Å². The molecule has 1 N–H and O–H groups in total. The maximum atomic E-state index is 12.7. The monoisotopic (exact) mass is 538 g/mol. The van der Waals surface area contributed by atoms with E-state index in [1.807, 2.05) is 0 Å². The maximum Gasteiger partial charge on any atom is 0.420 e. The first-order chi connectivity index (χ1) is 15.7. The summed E-state index contributed by atoms with van der Waals surface area (Å²) in [6.45, 7) is 10.5. The summed E-state index contributed by atoms with van der Waals surface area (Å²) in [6, 6.07) is -0.702.